The maximum Gasteiger partial charge on any atom is 0.0601 e. The van der Waals surface area contributed by atoms with Crippen molar-refractivity contribution in [2.45, 2.75) is 53.6 Å². The fourth-order valence-corrected chi connectivity index (χ4v) is 2.41. The molecule has 1 aliphatic heterocycles. The molecular formula is C15H32N2O. The first-order valence-corrected chi connectivity index (χ1v) is 7.24. The molecule has 1 fully saturated rings. The minimum atomic E-state index is -0.0130. The van der Waals surface area contributed by atoms with Gasteiger partial charge >= 0.3 is 0 Å². The second-order valence-electron chi connectivity index (χ2n) is 7.69. The van der Waals surface area contributed by atoms with Gasteiger partial charge in [-0.15, -0.1) is 0 Å². The van der Waals surface area contributed by atoms with Gasteiger partial charge in [0.2, 0.25) is 0 Å². The van der Waals surface area contributed by atoms with Gasteiger partial charge in [0.15, 0.2) is 0 Å². The third-order valence-electron chi connectivity index (χ3n) is 2.99. The van der Waals surface area contributed by atoms with Gasteiger partial charge < -0.3 is 4.74 Å². The zero-order valence-corrected chi connectivity index (χ0v) is 13.3. The van der Waals surface area contributed by atoms with E-state index in [2.05, 4.69) is 51.3 Å². The van der Waals surface area contributed by atoms with E-state index in [0.29, 0.717) is 5.41 Å². The Balaban J connectivity index is 2.27. The molecule has 3 nitrogen and oxygen atoms in total. The van der Waals surface area contributed by atoms with E-state index in [1.54, 1.807) is 0 Å². The molecule has 0 amide bonds. The molecule has 0 aromatic rings. The summed E-state index contributed by atoms with van der Waals surface area (Å²) in [7, 11) is 0. The Bertz CT molecular complexity index is 240. The van der Waals surface area contributed by atoms with Crippen LogP contribution in [0.5, 0.6) is 0 Å². The highest BCUT2D eigenvalue weighted by molar-refractivity contribution is 4.74. The summed E-state index contributed by atoms with van der Waals surface area (Å²) in [6.07, 6.45) is 1.28. The highest BCUT2D eigenvalue weighted by Crippen LogP contribution is 2.17. The summed E-state index contributed by atoms with van der Waals surface area (Å²) < 4.78 is 5.81. The fraction of sp³-hybridized carbons (Fsp3) is 1.00. The molecule has 108 valence electrons. The van der Waals surface area contributed by atoms with Gasteiger partial charge in [-0.1, -0.05) is 20.8 Å². The standard InChI is InChI=1S/C15H32N2O/c1-14(2,3)12-17-9-7-8-16(13-17)10-11-18-15(4,5)6/h7-13H2,1-6H3. The van der Waals surface area contributed by atoms with Crippen molar-refractivity contribution in [3.8, 4) is 0 Å². The van der Waals surface area contributed by atoms with E-state index < -0.39 is 0 Å². The number of nitrogens with zero attached hydrogens (tertiary/aromatic N) is 2. The molecule has 0 bridgehead atoms. The number of ether oxygens (including phenoxy) is 1. The van der Waals surface area contributed by atoms with Crippen LogP contribution in [0.1, 0.15) is 48.0 Å². The molecule has 1 rings (SSSR count). The van der Waals surface area contributed by atoms with Gasteiger partial charge in [0.25, 0.3) is 0 Å². The van der Waals surface area contributed by atoms with Gasteiger partial charge in [0, 0.05) is 26.2 Å². The van der Waals surface area contributed by atoms with Crippen molar-refractivity contribution in [2.75, 3.05) is 39.5 Å². The molecule has 0 atom stereocenters. The molecule has 0 saturated carbocycles. The summed E-state index contributed by atoms with van der Waals surface area (Å²) in [5.74, 6) is 0. The molecule has 0 aromatic heterocycles. The Labute approximate surface area is 113 Å². The zero-order chi connectivity index (χ0) is 13.8. The molecule has 0 aliphatic carbocycles. The highest BCUT2D eigenvalue weighted by atomic mass is 16.5. The van der Waals surface area contributed by atoms with Gasteiger partial charge in [-0.05, 0) is 32.6 Å². The van der Waals surface area contributed by atoms with Gasteiger partial charge in [0.05, 0.1) is 18.9 Å². The minimum Gasteiger partial charge on any atom is -0.375 e. The van der Waals surface area contributed by atoms with Crippen LogP contribution in [-0.2, 0) is 4.74 Å². The lowest BCUT2D eigenvalue weighted by Crippen LogP contribution is -2.48. The van der Waals surface area contributed by atoms with E-state index >= 15 is 0 Å². The lowest BCUT2D eigenvalue weighted by Gasteiger charge is -2.39. The smallest absolute Gasteiger partial charge is 0.0601 e. The molecule has 1 heterocycles. The van der Waals surface area contributed by atoms with Crippen molar-refractivity contribution in [3.63, 3.8) is 0 Å². The number of hydrogen-bond donors (Lipinski definition) is 0. The third kappa shape index (κ3) is 7.34. The predicted molar refractivity (Wildman–Crippen MR) is 77.8 cm³/mol. The quantitative estimate of drug-likeness (QED) is 0.769. The highest BCUT2D eigenvalue weighted by Gasteiger charge is 2.22. The third-order valence-corrected chi connectivity index (χ3v) is 2.99. The first-order chi connectivity index (χ1) is 8.16. The molecule has 1 aliphatic rings. The minimum absolute atomic E-state index is 0.0130. The molecule has 18 heavy (non-hydrogen) atoms. The topological polar surface area (TPSA) is 15.7 Å². The van der Waals surface area contributed by atoms with Crippen molar-refractivity contribution in [3.05, 3.63) is 0 Å². The van der Waals surface area contributed by atoms with Gasteiger partial charge in [-0.25, -0.2) is 0 Å². The Hall–Kier alpha value is -0.120. The van der Waals surface area contributed by atoms with Gasteiger partial charge in [-0.2, -0.15) is 0 Å². The lowest BCUT2D eigenvalue weighted by atomic mass is 9.96. The first kappa shape index (κ1) is 15.9. The average molecular weight is 256 g/mol. The van der Waals surface area contributed by atoms with Crippen LogP contribution in [0.2, 0.25) is 0 Å². The molecular weight excluding hydrogens is 224 g/mol. The van der Waals surface area contributed by atoms with E-state index in [1.807, 2.05) is 0 Å². The first-order valence-electron chi connectivity index (χ1n) is 7.24. The van der Waals surface area contributed by atoms with Crippen LogP contribution in [0.4, 0.5) is 0 Å². The summed E-state index contributed by atoms with van der Waals surface area (Å²) in [4.78, 5) is 5.08. The number of hydrogen-bond acceptors (Lipinski definition) is 3. The molecule has 0 spiro atoms. The molecule has 0 radical (unpaired) electrons. The summed E-state index contributed by atoms with van der Waals surface area (Å²) >= 11 is 0. The zero-order valence-electron chi connectivity index (χ0n) is 13.3. The van der Waals surface area contributed by atoms with Crippen molar-refractivity contribution in [2.24, 2.45) is 5.41 Å². The van der Waals surface area contributed by atoms with Gasteiger partial charge in [-0.3, -0.25) is 9.80 Å². The van der Waals surface area contributed by atoms with Crippen LogP contribution in [-0.4, -0.2) is 54.9 Å². The van der Waals surface area contributed by atoms with Crippen LogP contribution < -0.4 is 0 Å². The number of rotatable bonds is 4. The van der Waals surface area contributed by atoms with Crippen molar-refractivity contribution in [1.29, 1.82) is 0 Å². The van der Waals surface area contributed by atoms with Crippen molar-refractivity contribution < 1.29 is 4.74 Å². The predicted octanol–water partition coefficient (Wildman–Crippen LogP) is 2.81. The average Bonchev–Trinajstić information content (AvgIpc) is 2.13. The van der Waals surface area contributed by atoms with Crippen LogP contribution in [0.3, 0.4) is 0 Å². The molecule has 1 saturated heterocycles. The molecule has 0 unspecified atom stereocenters. The molecule has 0 N–H and O–H groups in total. The van der Waals surface area contributed by atoms with Crippen LogP contribution in [0.15, 0.2) is 0 Å². The normalized spacial score (nSPS) is 20.3. The van der Waals surface area contributed by atoms with Crippen LogP contribution in [0.25, 0.3) is 0 Å². The second kappa shape index (κ2) is 6.36. The van der Waals surface area contributed by atoms with Crippen molar-refractivity contribution in [1.82, 2.24) is 9.80 Å². The van der Waals surface area contributed by atoms with E-state index in [4.69, 9.17) is 4.74 Å². The van der Waals surface area contributed by atoms with E-state index in [-0.39, 0.29) is 5.60 Å². The summed E-state index contributed by atoms with van der Waals surface area (Å²) in [5, 5.41) is 0. The Morgan fingerprint density at radius 2 is 1.56 bits per heavy atom. The lowest BCUT2D eigenvalue weighted by molar-refractivity contribution is -0.0268. The SMILES string of the molecule is CC(C)(C)CN1CCCN(CCOC(C)(C)C)C1. The van der Waals surface area contributed by atoms with E-state index in [1.165, 1.54) is 26.1 Å². The monoisotopic (exact) mass is 256 g/mol. The fourth-order valence-electron chi connectivity index (χ4n) is 2.41. The van der Waals surface area contributed by atoms with E-state index in [0.717, 1.165) is 19.8 Å². The Morgan fingerprint density at radius 3 is 2.11 bits per heavy atom. The second-order valence-corrected chi connectivity index (χ2v) is 7.69. The Kier molecular flexibility index (Phi) is 5.63. The largest absolute Gasteiger partial charge is 0.375 e. The molecule has 3 heteroatoms. The summed E-state index contributed by atoms with van der Waals surface area (Å²) in [6.45, 7) is 19.9. The van der Waals surface area contributed by atoms with Crippen LogP contribution >= 0.6 is 0 Å². The summed E-state index contributed by atoms with van der Waals surface area (Å²) in [6, 6.07) is 0. The molecule has 0 aromatic carbocycles. The van der Waals surface area contributed by atoms with Gasteiger partial charge in [0.1, 0.15) is 0 Å². The maximum atomic E-state index is 5.81. The van der Waals surface area contributed by atoms with Crippen LogP contribution in [0, 0.1) is 5.41 Å². The maximum absolute atomic E-state index is 5.81. The van der Waals surface area contributed by atoms with E-state index in [9.17, 15) is 0 Å². The Morgan fingerprint density at radius 1 is 0.944 bits per heavy atom. The summed E-state index contributed by atoms with van der Waals surface area (Å²) in [5.41, 5.74) is 0.381. The van der Waals surface area contributed by atoms with Crippen molar-refractivity contribution >= 4 is 0 Å².